The first kappa shape index (κ1) is 11.5. The maximum absolute atomic E-state index is 10.5. The van der Waals surface area contributed by atoms with Gasteiger partial charge in [0.05, 0.1) is 6.04 Å². The van der Waals surface area contributed by atoms with E-state index < -0.39 is 0 Å². The molecule has 1 saturated heterocycles. The fraction of sp³-hybridized carbons (Fsp3) is 0.857. The van der Waals surface area contributed by atoms with E-state index in [0.717, 1.165) is 25.8 Å². The van der Waals surface area contributed by atoms with Gasteiger partial charge in [-0.2, -0.15) is 0 Å². The molecule has 72 valence electrons. The lowest BCUT2D eigenvalue weighted by Gasteiger charge is -2.04. The SMILES string of the molecule is Cl.NCCCC[C@H]1COC(=O)N1. The van der Waals surface area contributed by atoms with Crippen LogP contribution < -0.4 is 11.1 Å². The van der Waals surface area contributed by atoms with Crippen LogP contribution in [0.5, 0.6) is 0 Å². The largest absolute Gasteiger partial charge is 0.447 e. The molecule has 0 aliphatic carbocycles. The Labute approximate surface area is 78.2 Å². The van der Waals surface area contributed by atoms with Crippen LogP contribution in [0.15, 0.2) is 0 Å². The minimum atomic E-state index is -0.289. The van der Waals surface area contributed by atoms with Crippen LogP contribution in [0.1, 0.15) is 19.3 Å². The highest BCUT2D eigenvalue weighted by molar-refractivity contribution is 5.85. The van der Waals surface area contributed by atoms with Gasteiger partial charge in [-0.3, -0.25) is 0 Å². The molecular formula is C7H15ClN2O2. The summed E-state index contributed by atoms with van der Waals surface area (Å²) in [5.74, 6) is 0. The molecule has 3 N–H and O–H groups in total. The number of amides is 1. The van der Waals surface area contributed by atoms with Crippen molar-refractivity contribution in [3.05, 3.63) is 0 Å². The van der Waals surface area contributed by atoms with Crippen molar-refractivity contribution in [1.29, 1.82) is 0 Å². The van der Waals surface area contributed by atoms with Gasteiger partial charge in [0.25, 0.3) is 0 Å². The van der Waals surface area contributed by atoms with Gasteiger partial charge in [-0.1, -0.05) is 6.42 Å². The highest BCUT2D eigenvalue weighted by atomic mass is 35.5. The van der Waals surface area contributed by atoms with Crippen molar-refractivity contribution in [3.8, 4) is 0 Å². The van der Waals surface area contributed by atoms with Gasteiger partial charge < -0.3 is 15.8 Å². The number of rotatable bonds is 4. The second kappa shape index (κ2) is 6.08. The summed E-state index contributed by atoms with van der Waals surface area (Å²) in [6.07, 6.45) is 2.77. The van der Waals surface area contributed by atoms with E-state index in [9.17, 15) is 4.79 Å². The third kappa shape index (κ3) is 3.78. The predicted octanol–water partition coefficient (Wildman–Crippen LogP) is 0.646. The molecule has 1 amide bonds. The molecule has 1 rings (SSSR count). The molecule has 0 saturated carbocycles. The van der Waals surface area contributed by atoms with E-state index in [0.29, 0.717) is 6.61 Å². The lowest BCUT2D eigenvalue weighted by molar-refractivity contribution is 0.176. The van der Waals surface area contributed by atoms with E-state index in [2.05, 4.69) is 5.32 Å². The topological polar surface area (TPSA) is 64.3 Å². The Kier molecular flexibility index (Phi) is 5.84. The van der Waals surface area contributed by atoms with Crippen LogP contribution >= 0.6 is 12.4 Å². The van der Waals surface area contributed by atoms with E-state index in [1.54, 1.807) is 0 Å². The maximum atomic E-state index is 10.5. The van der Waals surface area contributed by atoms with Gasteiger partial charge in [0.15, 0.2) is 0 Å². The average molecular weight is 195 g/mol. The van der Waals surface area contributed by atoms with E-state index in [1.165, 1.54) is 0 Å². The highest BCUT2D eigenvalue weighted by Crippen LogP contribution is 2.05. The molecule has 0 aromatic rings. The summed E-state index contributed by atoms with van der Waals surface area (Å²) in [6, 6.07) is 0.217. The fourth-order valence-corrected chi connectivity index (χ4v) is 1.12. The Hall–Kier alpha value is -0.480. The molecule has 1 heterocycles. The Morgan fingerprint density at radius 3 is 2.83 bits per heavy atom. The van der Waals surface area contributed by atoms with E-state index in [1.807, 2.05) is 0 Å². The van der Waals surface area contributed by atoms with Crippen molar-refractivity contribution in [1.82, 2.24) is 5.32 Å². The molecule has 4 nitrogen and oxygen atoms in total. The molecule has 0 unspecified atom stereocenters. The van der Waals surface area contributed by atoms with E-state index >= 15 is 0 Å². The molecule has 0 aromatic carbocycles. The maximum Gasteiger partial charge on any atom is 0.407 e. The Morgan fingerprint density at radius 2 is 2.33 bits per heavy atom. The lowest BCUT2D eigenvalue weighted by atomic mass is 10.1. The first-order chi connectivity index (χ1) is 5.33. The summed E-state index contributed by atoms with van der Waals surface area (Å²) in [5, 5.41) is 2.71. The molecule has 1 aliphatic heterocycles. The van der Waals surface area contributed by atoms with Gasteiger partial charge in [-0.05, 0) is 19.4 Å². The number of unbranched alkanes of at least 4 members (excludes halogenated alkanes) is 1. The summed E-state index contributed by atoms with van der Waals surface area (Å²) in [6.45, 7) is 1.24. The molecule has 0 bridgehead atoms. The Morgan fingerprint density at radius 1 is 1.58 bits per heavy atom. The second-order valence-corrected chi connectivity index (χ2v) is 2.72. The Bertz CT molecular complexity index is 143. The van der Waals surface area contributed by atoms with Crippen molar-refractivity contribution in [2.24, 2.45) is 5.73 Å². The number of halogens is 1. The molecule has 0 spiro atoms. The molecular weight excluding hydrogens is 180 g/mol. The smallest absolute Gasteiger partial charge is 0.407 e. The van der Waals surface area contributed by atoms with Crippen LogP contribution in [0, 0.1) is 0 Å². The number of hydrogen-bond donors (Lipinski definition) is 2. The molecule has 12 heavy (non-hydrogen) atoms. The number of nitrogens with one attached hydrogen (secondary N) is 1. The third-order valence-electron chi connectivity index (χ3n) is 1.74. The zero-order valence-corrected chi connectivity index (χ0v) is 7.73. The summed E-state index contributed by atoms with van der Waals surface area (Å²) in [5.41, 5.74) is 5.32. The number of carbonyl (C=O) groups excluding carboxylic acids is 1. The number of carbonyl (C=O) groups is 1. The van der Waals surface area contributed by atoms with E-state index in [-0.39, 0.29) is 24.5 Å². The zero-order chi connectivity index (χ0) is 8.10. The first-order valence-corrected chi connectivity index (χ1v) is 3.96. The molecule has 0 aromatic heterocycles. The van der Waals surface area contributed by atoms with Crippen molar-refractivity contribution in [2.45, 2.75) is 25.3 Å². The molecule has 5 heteroatoms. The van der Waals surface area contributed by atoms with E-state index in [4.69, 9.17) is 10.5 Å². The van der Waals surface area contributed by atoms with Crippen LogP contribution in [-0.4, -0.2) is 25.3 Å². The van der Waals surface area contributed by atoms with Crippen LogP contribution in [-0.2, 0) is 4.74 Å². The molecule has 1 atom stereocenters. The van der Waals surface area contributed by atoms with Crippen LogP contribution in [0.25, 0.3) is 0 Å². The minimum absolute atomic E-state index is 0. The van der Waals surface area contributed by atoms with Crippen LogP contribution in [0.2, 0.25) is 0 Å². The number of cyclic esters (lactones) is 1. The minimum Gasteiger partial charge on any atom is -0.447 e. The molecule has 1 fully saturated rings. The van der Waals surface area contributed by atoms with Gasteiger partial charge in [0.1, 0.15) is 6.61 Å². The van der Waals surface area contributed by atoms with Crippen molar-refractivity contribution in [3.63, 3.8) is 0 Å². The molecule has 0 radical (unpaired) electrons. The van der Waals surface area contributed by atoms with Gasteiger partial charge in [-0.15, -0.1) is 12.4 Å². The van der Waals surface area contributed by atoms with Gasteiger partial charge in [0.2, 0.25) is 0 Å². The van der Waals surface area contributed by atoms with Gasteiger partial charge in [-0.25, -0.2) is 4.79 Å². The monoisotopic (exact) mass is 194 g/mol. The number of hydrogen-bond acceptors (Lipinski definition) is 3. The second-order valence-electron chi connectivity index (χ2n) is 2.72. The van der Waals surface area contributed by atoms with Crippen molar-refractivity contribution >= 4 is 18.5 Å². The summed E-state index contributed by atoms with van der Waals surface area (Å²) in [7, 11) is 0. The quantitative estimate of drug-likeness (QED) is 0.646. The lowest BCUT2D eigenvalue weighted by Crippen LogP contribution is -2.25. The number of ether oxygens (including phenoxy) is 1. The fourth-order valence-electron chi connectivity index (χ4n) is 1.12. The first-order valence-electron chi connectivity index (χ1n) is 3.96. The number of alkyl carbamates (subject to hydrolysis) is 1. The van der Waals surface area contributed by atoms with Gasteiger partial charge >= 0.3 is 6.09 Å². The van der Waals surface area contributed by atoms with Crippen molar-refractivity contribution < 1.29 is 9.53 Å². The standard InChI is InChI=1S/C7H14N2O2.ClH/c8-4-2-1-3-6-5-11-7(10)9-6;/h6H,1-5,8H2,(H,9,10);1H/t6-;/m0./s1. The summed E-state index contributed by atoms with van der Waals surface area (Å²) in [4.78, 5) is 10.5. The summed E-state index contributed by atoms with van der Waals surface area (Å²) < 4.78 is 4.71. The third-order valence-corrected chi connectivity index (χ3v) is 1.74. The summed E-state index contributed by atoms with van der Waals surface area (Å²) >= 11 is 0. The van der Waals surface area contributed by atoms with Crippen LogP contribution in [0.3, 0.4) is 0 Å². The number of nitrogens with two attached hydrogens (primary N) is 1. The predicted molar refractivity (Wildman–Crippen MR) is 48.4 cm³/mol. The van der Waals surface area contributed by atoms with Crippen LogP contribution in [0.4, 0.5) is 4.79 Å². The normalized spacial score (nSPS) is 21.1. The highest BCUT2D eigenvalue weighted by Gasteiger charge is 2.20. The van der Waals surface area contributed by atoms with Crippen molar-refractivity contribution in [2.75, 3.05) is 13.2 Å². The van der Waals surface area contributed by atoms with Gasteiger partial charge in [0, 0.05) is 0 Å². The molecule has 1 aliphatic rings. The Balaban J connectivity index is 0.00000121. The average Bonchev–Trinajstić information content (AvgIpc) is 2.37. The zero-order valence-electron chi connectivity index (χ0n) is 6.91.